The number of aromatic nitrogens is 5. The van der Waals surface area contributed by atoms with Crippen molar-refractivity contribution < 1.29 is 14.6 Å². The van der Waals surface area contributed by atoms with Gasteiger partial charge >= 0.3 is 0 Å². The molecule has 0 aliphatic carbocycles. The van der Waals surface area contributed by atoms with E-state index in [9.17, 15) is 9.90 Å². The van der Waals surface area contributed by atoms with Crippen molar-refractivity contribution in [1.29, 1.82) is 0 Å². The lowest BCUT2D eigenvalue weighted by Crippen LogP contribution is -2.40. The molecule has 2 aromatic heterocycles. The van der Waals surface area contributed by atoms with Gasteiger partial charge in [-0.3, -0.25) is 9.89 Å². The van der Waals surface area contributed by atoms with Crippen LogP contribution in [-0.4, -0.2) is 67.4 Å². The van der Waals surface area contributed by atoms with E-state index in [1.54, 1.807) is 46.1 Å². The van der Waals surface area contributed by atoms with Gasteiger partial charge in [0.2, 0.25) is 0 Å². The number of benzene rings is 2. The number of hydrogen-bond acceptors (Lipinski definition) is 6. The van der Waals surface area contributed by atoms with Crippen LogP contribution < -0.4 is 0 Å². The van der Waals surface area contributed by atoms with Crippen LogP contribution in [0.5, 0.6) is 5.75 Å². The number of morpholine rings is 1. The van der Waals surface area contributed by atoms with Crippen LogP contribution in [0.15, 0.2) is 48.7 Å². The zero-order valence-electron chi connectivity index (χ0n) is 15.4. The van der Waals surface area contributed by atoms with E-state index in [2.05, 4.69) is 20.5 Å². The molecule has 29 heavy (non-hydrogen) atoms. The van der Waals surface area contributed by atoms with Crippen LogP contribution in [-0.2, 0) is 4.74 Å². The third-order valence-corrected chi connectivity index (χ3v) is 4.96. The van der Waals surface area contributed by atoms with Gasteiger partial charge in [-0.05, 0) is 42.5 Å². The van der Waals surface area contributed by atoms with Crippen molar-refractivity contribution in [2.24, 2.45) is 0 Å². The van der Waals surface area contributed by atoms with Crippen molar-refractivity contribution in [3.63, 3.8) is 0 Å². The molecule has 0 atom stereocenters. The fourth-order valence-electron chi connectivity index (χ4n) is 3.40. The number of amides is 1. The van der Waals surface area contributed by atoms with E-state index < -0.39 is 0 Å². The highest BCUT2D eigenvalue weighted by Gasteiger charge is 2.19. The number of aromatic hydroxyl groups is 1. The Hall–Kier alpha value is -3.72. The molecule has 9 heteroatoms. The van der Waals surface area contributed by atoms with Crippen molar-refractivity contribution in [1.82, 2.24) is 30.1 Å². The maximum absolute atomic E-state index is 12.6. The minimum atomic E-state index is 0.00179. The summed E-state index contributed by atoms with van der Waals surface area (Å²) in [6.45, 7) is 2.37. The molecule has 0 radical (unpaired) electrons. The number of fused-ring (bicyclic) bond motifs is 1. The highest BCUT2D eigenvalue weighted by molar-refractivity contribution is 5.94. The molecule has 2 aromatic carbocycles. The lowest BCUT2D eigenvalue weighted by Gasteiger charge is -2.26. The summed E-state index contributed by atoms with van der Waals surface area (Å²) < 4.78 is 6.92. The maximum Gasteiger partial charge on any atom is 0.254 e. The van der Waals surface area contributed by atoms with Crippen LogP contribution in [0.3, 0.4) is 0 Å². The number of phenolic OH excluding ortho intramolecular Hbond substituents is 1. The molecule has 3 heterocycles. The predicted molar refractivity (Wildman–Crippen MR) is 105 cm³/mol. The molecule has 146 valence electrons. The zero-order valence-corrected chi connectivity index (χ0v) is 15.4. The molecule has 5 rings (SSSR count). The van der Waals surface area contributed by atoms with Gasteiger partial charge in [-0.15, -0.1) is 5.10 Å². The maximum atomic E-state index is 12.6. The number of nitrogens with zero attached hydrogens (tertiary/aromatic N) is 5. The topological polar surface area (TPSA) is 109 Å². The van der Waals surface area contributed by atoms with Crippen molar-refractivity contribution in [3.05, 3.63) is 54.2 Å². The Morgan fingerprint density at radius 2 is 1.90 bits per heavy atom. The molecule has 4 aromatic rings. The van der Waals surface area contributed by atoms with Crippen LogP contribution in [0, 0.1) is 0 Å². The molecular weight excluding hydrogens is 372 g/mol. The van der Waals surface area contributed by atoms with Gasteiger partial charge in [0, 0.05) is 24.0 Å². The third-order valence-electron chi connectivity index (χ3n) is 4.96. The van der Waals surface area contributed by atoms with E-state index in [1.807, 2.05) is 12.1 Å². The quantitative estimate of drug-likeness (QED) is 0.554. The SMILES string of the molecule is O=C(c1ccc(-n2cc(-c3n[nH]c4ccc(O)cc34)nn2)cc1)N1CCOCC1. The van der Waals surface area contributed by atoms with E-state index in [1.165, 1.54) is 0 Å². The Morgan fingerprint density at radius 3 is 2.69 bits per heavy atom. The minimum absolute atomic E-state index is 0.00179. The summed E-state index contributed by atoms with van der Waals surface area (Å²) >= 11 is 0. The summed E-state index contributed by atoms with van der Waals surface area (Å²) in [5, 5.41) is 26.1. The predicted octanol–water partition coefficient (Wildman–Crippen LogP) is 1.99. The van der Waals surface area contributed by atoms with E-state index in [-0.39, 0.29) is 11.7 Å². The molecule has 9 nitrogen and oxygen atoms in total. The fourth-order valence-corrected chi connectivity index (χ4v) is 3.40. The fraction of sp³-hybridized carbons (Fsp3) is 0.200. The van der Waals surface area contributed by atoms with E-state index in [0.717, 1.165) is 16.6 Å². The molecule has 0 spiro atoms. The van der Waals surface area contributed by atoms with Crippen LogP contribution in [0.1, 0.15) is 10.4 Å². The first kappa shape index (κ1) is 17.4. The van der Waals surface area contributed by atoms with Crippen molar-refractivity contribution in [2.45, 2.75) is 0 Å². The van der Waals surface area contributed by atoms with Gasteiger partial charge in [0.1, 0.15) is 17.1 Å². The molecule has 0 bridgehead atoms. The summed E-state index contributed by atoms with van der Waals surface area (Å²) in [5.74, 6) is 0.162. The number of H-pyrrole nitrogens is 1. The molecule has 1 amide bonds. The Bertz CT molecular complexity index is 1170. The Morgan fingerprint density at radius 1 is 1.10 bits per heavy atom. The first-order valence-electron chi connectivity index (χ1n) is 9.26. The zero-order chi connectivity index (χ0) is 19.8. The number of ether oxygens (including phenoxy) is 1. The van der Waals surface area contributed by atoms with Gasteiger partial charge in [-0.25, -0.2) is 4.68 Å². The van der Waals surface area contributed by atoms with Crippen LogP contribution in [0.25, 0.3) is 28.0 Å². The van der Waals surface area contributed by atoms with Gasteiger partial charge in [0.25, 0.3) is 5.91 Å². The number of rotatable bonds is 3. The number of hydrogen-bond donors (Lipinski definition) is 2. The molecule has 2 N–H and O–H groups in total. The number of phenols is 1. The average Bonchev–Trinajstić information content (AvgIpc) is 3.41. The largest absolute Gasteiger partial charge is 0.508 e. The summed E-state index contributed by atoms with van der Waals surface area (Å²) in [5.41, 5.74) is 3.41. The first-order valence-corrected chi connectivity index (χ1v) is 9.26. The number of carbonyl (C=O) groups is 1. The molecule has 1 aliphatic rings. The Kier molecular flexibility index (Phi) is 4.21. The molecule has 0 unspecified atom stereocenters. The van der Waals surface area contributed by atoms with Crippen molar-refractivity contribution >= 4 is 16.8 Å². The molecule has 1 aliphatic heterocycles. The van der Waals surface area contributed by atoms with Gasteiger partial charge in [-0.2, -0.15) is 5.10 Å². The van der Waals surface area contributed by atoms with E-state index in [0.29, 0.717) is 43.3 Å². The highest BCUT2D eigenvalue weighted by Crippen LogP contribution is 2.27. The van der Waals surface area contributed by atoms with Crippen LogP contribution in [0.2, 0.25) is 0 Å². The second-order valence-corrected chi connectivity index (χ2v) is 6.80. The second kappa shape index (κ2) is 7.02. The molecule has 1 fully saturated rings. The van der Waals surface area contributed by atoms with Gasteiger partial charge < -0.3 is 14.7 Å². The number of nitrogens with one attached hydrogen (secondary N) is 1. The first-order chi connectivity index (χ1) is 14.2. The summed E-state index contributed by atoms with van der Waals surface area (Å²) in [6.07, 6.45) is 1.76. The molecular formula is C20H18N6O3. The van der Waals surface area contributed by atoms with Gasteiger partial charge in [-0.1, -0.05) is 5.21 Å². The smallest absolute Gasteiger partial charge is 0.254 e. The Balaban J connectivity index is 1.40. The lowest BCUT2D eigenvalue weighted by molar-refractivity contribution is 0.0303. The number of carbonyl (C=O) groups excluding carboxylic acids is 1. The summed E-state index contributed by atoms with van der Waals surface area (Å²) in [6, 6.07) is 12.2. The summed E-state index contributed by atoms with van der Waals surface area (Å²) in [7, 11) is 0. The number of aromatic amines is 1. The third kappa shape index (κ3) is 3.21. The van der Waals surface area contributed by atoms with Crippen LogP contribution >= 0.6 is 0 Å². The highest BCUT2D eigenvalue weighted by atomic mass is 16.5. The standard InChI is InChI=1S/C20H18N6O3/c27-15-5-6-17-16(11-15)19(23-21-17)18-12-26(24-22-18)14-3-1-13(2-4-14)20(28)25-7-9-29-10-8-25/h1-6,11-12,27H,7-10H2,(H,21,23). The van der Waals surface area contributed by atoms with E-state index in [4.69, 9.17) is 4.74 Å². The average molecular weight is 390 g/mol. The molecule has 1 saturated heterocycles. The van der Waals surface area contributed by atoms with Crippen molar-refractivity contribution in [2.75, 3.05) is 26.3 Å². The normalized spacial score (nSPS) is 14.4. The van der Waals surface area contributed by atoms with Gasteiger partial charge in [0.05, 0.1) is 30.6 Å². The minimum Gasteiger partial charge on any atom is -0.508 e. The van der Waals surface area contributed by atoms with Crippen molar-refractivity contribution in [3.8, 4) is 22.8 Å². The summed E-state index contributed by atoms with van der Waals surface area (Å²) in [4.78, 5) is 14.4. The van der Waals surface area contributed by atoms with Crippen LogP contribution in [0.4, 0.5) is 0 Å². The molecule has 0 saturated carbocycles. The second-order valence-electron chi connectivity index (χ2n) is 6.80. The van der Waals surface area contributed by atoms with E-state index >= 15 is 0 Å². The lowest BCUT2D eigenvalue weighted by atomic mass is 10.1. The monoisotopic (exact) mass is 390 g/mol. The Labute approximate surface area is 165 Å². The van der Waals surface area contributed by atoms with Gasteiger partial charge in [0.15, 0.2) is 0 Å².